The van der Waals surface area contributed by atoms with Crippen LogP contribution >= 0.6 is 22.9 Å². The van der Waals surface area contributed by atoms with Crippen LogP contribution in [-0.2, 0) is 4.74 Å². The van der Waals surface area contributed by atoms with Crippen molar-refractivity contribution in [3.05, 3.63) is 74.1 Å². The first kappa shape index (κ1) is 25.1. The Labute approximate surface area is 200 Å². The molecule has 1 aromatic heterocycles. The Balaban J connectivity index is 1.92. The third-order valence-corrected chi connectivity index (χ3v) is 5.73. The zero-order valence-corrected chi connectivity index (χ0v) is 19.1. The van der Waals surface area contributed by atoms with E-state index in [1.807, 2.05) is 0 Å². The molecule has 180 valence electrons. The van der Waals surface area contributed by atoms with Crippen LogP contribution in [0.15, 0.2) is 48.5 Å². The van der Waals surface area contributed by atoms with E-state index in [1.165, 1.54) is 13.2 Å². The molecule has 0 fully saturated rings. The minimum absolute atomic E-state index is 0.0728. The van der Waals surface area contributed by atoms with Crippen molar-refractivity contribution in [2.75, 3.05) is 12.4 Å². The van der Waals surface area contributed by atoms with Gasteiger partial charge in [-0.2, -0.15) is 0 Å². The number of nitrogens with one attached hydrogen (secondary N) is 1. The van der Waals surface area contributed by atoms with Crippen LogP contribution in [0.1, 0.15) is 28.3 Å². The number of carbonyl (C=O) groups is 1. The number of anilines is 2. The van der Waals surface area contributed by atoms with Crippen LogP contribution in [0.2, 0.25) is 5.02 Å². The maximum Gasteiger partial charge on any atom is 0.573 e. The Kier molecular flexibility index (Phi) is 7.52. The Morgan fingerprint density at radius 1 is 1.21 bits per heavy atom. The highest BCUT2D eigenvalue weighted by Gasteiger charge is 2.32. The number of ether oxygens (including phenoxy) is 3. The molecule has 0 aliphatic rings. The largest absolute Gasteiger partial charge is 0.573 e. The molecule has 0 amide bonds. The van der Waals surface area contributed by atoms with Crippen molar-refractivity contribution < 1.29 is 37.1 Å². The normalized spacial score (nSPS) is 12.1. The molecule has 1 heterocycles. The summed E-state index contributed by atoms with van der Waals surface area (Å²) in [7, 11) is 1.18. The Bertz CT molecular complexity index is 1220. The van der Waals surface area contributed by atoms with Gasteiger partial charge in [-0.25, -0.2) is 4.79 Å². The van der Waals surface area contributed by atoms with Crippen molar-refractivity contribution in [1.82, 2.24) is 0 Å². The number of nitro groups is 1. The number of nitrogens with zero attached hydrogens (tertiary/aromatic N) is 1. The van der Waals surface area contributed by atoms with Gasteiger partial charge in [-0.3, -0.25) is 10.1 Å². The third kappa shape index (κ3) is 6.08. The number of esters is 1. The third-order valence-electron chi connectivity index (χ3n) is 4.37. The first-order chi connectivity index (χ1) is 16.0. The highest BCUT2D eigenvalue weighted by molar-refractivity contribution is 7.18. The zero-order chi connectivity index (χ0) is 25.0. The maximum atomic E-state index is 12.5. The Morgan fingerprint density at radius 3 is 2.53 bits per heavy atom. The van der Waals surface area contributed by atoms with Crippen molar-refractivity contribution in [3.8, 4) is 11.5 Å². The summed E-state index contributed by atoms with van der Waals surface area (Å²) in [5.74, 6) is -1.32. The summed E-state index contributed by atoms with van der Waals surface area (Å²) in [5.41, 5.74) is -0.124. The maximum absolute atomic E-state index is 12.5. The first-order valence-electron chi connectivity index (χ1n) is 9.43. The van der Waals surface area contributed by atoms with Crippen LogP contribution in [0.5, 0.6) is 11.5 Å². The average molecular weight is 517 g/mol. The summed E-state index contributed by atoms with van der Waals surface area (Å²) in [6, 6.07) is 11.0. The minimum atomic E-state index is -5.00. The van der Waals surface area contributed by atoms with Gasteiger partial charge in [-0.15, -0.1) is 24.5 Å². The van der Waals surface area contributed by atoms with E-state index in [9.17, 15) is 28.1 Å². The molecule has 0 unspecified atom stereocenters. The second-order valence-electron chi connectivity index (χ2n) is 6.69. The number of rotatable bonds is 8. The molecular formula is C21H16ClF3N2O6S. The summed E-state index contributed by atoms with van der Waals surface area (Å²) in [5, 5.41) is 14.8. The molecule has 1 N–H and O–H groups in total. The van der Waals surface area contributed by atoms with Gasteiger partial charge in [-0.1, -0.05) is 29.8 Å². The number of hydrogen-bond acceptors (Lipinski definition) is 8. The monoisotopic (exact) mass is 516 g/mol. The van der Waals surface area contributed by atoms with Gasteiger partial charge in [0.25, 0.3) is 5.69 Å². The molecule has 3 aromatic rings. The number of methoxy groups -OCH3 is 1. The molecular weight excluding hydrogens is 501 g/mol. The van der Waals surface area contributed by atoms with E-state index in [4.69, 9.17) is 21.1 Å². The number of carbonyl (C=O) groups excluding carboxylic acids is 1. The van der Waals surface area contributed by atoms with Gasteiger partial charge >= 0.3 is 12.3 Å². The quantitative estimate of drug-likeness (QED) is 0.198. The molecule has 2 aromatic carbocycles. The summed E-state index contributed by atoms with van der Waals surface area (Å²) in [6.07, 6.45) is -5.57. The molecule has 8 nitrogen and oxygen atoms in total. The minimum Gasteiger partial charge on any atom is -0.484 e. The van der Waals surface area contributed by atoms with Gasteiger partial charge < -0.3 is 19.5 Å². The van der Waals surface area contributed by atoms with E-state index < -0.39 is 34.8 Å². The van der Waals surface area contributed by atoms with E-state index in [-0.39, 0.29) is 21.3 Å². The predicted molar refractivity (Wildman–Crippen MR) is 119 cm³/mol. The van der Waals surface area contributed by atoms with Gasteiger partial charge in [0.1, 0.15) is 23.3 Å². The van der Waals surface area contributed by atoms with Crippen LogP contribution in [-0.4, -0.2) is 24.4 Å². The van der Waals surface area contributed by atoms with E-state index >= 15 is 0 Å². The lowest BCUT2D eigenvalue weighted by Gasteiger charge is -2.16. The number of alkyl halides is 3. The topological polar surface area (TPSA) is 99.9 Å². The van der Waals surface area contributed by atoms with Crippen molar-refractivity contribution in [2.24, 2.45) is 0 Å². The molecule has 34 heavy (non-hydrogen) atoms. The smallest absolute Gasteiger partial charge is 0.484 e. The van der Waals surface area contributed by atoms with E-state index in [2.05, 4.69) is 10.1 Å². The van der Waals surface area contributed by atoms with Gasteiger partial charge in [0.05, 0.1) is 23.1 Å². The lowest BCUT2D eigenvalue weighted by atomic mass is 10.1. The fourth-order valence-electron chi connectivity index (χ4n) is 2.92. The molecule has 3 rings (SSSR count). The number of halogens is 4. The number of nitro benzene ring substituents is 1. The second kappa shape index (κ2) is 10.2. The van der Waals surface area contributed by atoms with Crippen LogP contribution in [0.25, 0.3) is 0 Å². The fourth-order valence-corrected chi connectivity index (χ4v) is 4.13. The highest BCUT2D eigenvalue weighted by atomic mass is 35.5. The molecule has 1 atom stereocenters. The summed E-state index contributed by atoms with van der Waals surface area (Å²) >= 11 is 7.09. The number of thiophene rings is 1. The molecule has 0 aliphatic heterocycles. The molecule has 0 aliphatic carbocycles. The van der Waals surface area contributed by atoms with Crippen LogP contribution in [0, 0.1) is 10.1 Å². The Hall–Kier alpha value is -3.51. The lowest BCUT2D eigenvalue weighted by molar-refractivity contribution is -0.384. The van der Waals surface area contributed by atoms with Crippen LogP contribution in [0.4, 0.5) is 29.5 Å². The summed E-state index contributed by atoms with van der Waals surface area (Å²) in [4.78, 5) is 22.9. The summed E-state index contributed by atoms with van der Waals surface area (Å²) in [6.45, 7) is 1.72. The van der Waals surface area contributed by atoms with E-state index in [0.29, 0.717) is 16.7 Å². The van der Waals surface area contributed by atoms with Crippen molar-refractivity contribution in [3.63, 3.8) is 0 Å². The number of benzene rings is 2. The molecule has 0 radical (unpaired) electrons. The second-order valence-corrected chi connectivity index (χ2v) is 8.15. The zero-order valence-electron chi connectivity index (χ0n) is 17.5. The standard InChI is InChI=1S/C21H16ClF3N2O6S/c1-11(13-5-3-4-6-14(13)22)32-17-10-18(34-19(17)20(28)31-2)26-15-8-7-12(33-21(23,24)25)9-16(15)27(29)30/h3-11,26H,1-2H3/t11-/m1/s1. The van der Waals surface area contributed by atoms with Crippen molar-refractivity contribution >= 4 is 45.3 Å². The van der Waals surface area contributed by atoms with Crippen molar-refractivity contribution in [1.29, 1.82) is 0 Å². The molecule has 13 heteroatoms. The highest BCUT2D eigenvalue weighted by Crippen LogP contribution is 2.41. The van der Waals surface area contributed by atoms with E-state index in [0.717, 1.165) is 23.5 Å². The van der Waals surface area contributed by atoms with Crippen LogP contribution < -0.4 is 14.8 Å². The van der Waals surface area contributed by atoms with Gasteiger partial charge in [0.15, 0.2) is 4.88 Å². The van der Waals surface area contributed by atoms with Crippen LogP contribution in [0.3, 0.4) is 0 Å². The molecule has 0 saturated heterocycles. The fraction of sp³-hybridized carbons (Fsp3) is 0.190. The first-order valence-corrected chi connectivity index (χ1v) is 10.6. The van der Waals surface area contributed by atoms with Gasteiger partial charge in [-0.05, 0) is 25.1 Å². The van der Waals surface area contributed by atoms with Gasteiger partial charge in [0.2, 0.25) is 0 Å². The van der Waals surface area contributed by atoms with E-state index in [1.54, 1.807) is 31.2 Å². The molecule has 0 saturated carbocycles. The summed E-state index contributed by atoms with van der Waals surface area (Å²) < 4.78 is 51.8. The Morgan fingerprint density at radius 2 is 1.91 bits per heavy atom. The average Bonchev–Trinajstić information content (AvgIpc) is 3.15. The molecule has 0 spiro atoms. The predicted octanol–water partition coefficient (Wildman–Crippen LogP) is 6.88. The number of hydrogen-bond donors (Lipinski definition) is 1. The molecule has 0 bridgehead atoms. The van der Waals surface area contributed by atoms with Gasteiger partial charge in [0, 0.05) is 16.7 Å². The SMILES string of the molecule is COC(=O)c1sc(Nc2ccc(OC(F)(F)F)cc2[N+](=O)[O-])cc1O[C@H](C)c1ccccc1Cl. The lowest BCUT2D eigenvalue weighted by Crippen LogP contribution is -2.17. The van der Waals surface area contributed by atoms with Crippen molar-refractivity contribution in [2.45, 2.75) is 19.4 Å².